The molecule has 0 aliphatic rings. The smallest absolute Gasteiger partial charge is 0.264 e. The van der Waals surface area contributed by atoms with Gasteiger partial charge in [-0.2, -0.15) is 0 Å². The number of benzene rings is 3. The molecule has 0 aliphatic heterocycles. The fourth-order valence-electron chi connectivity index (χ4n) is 4.34. The summed E-state index contributed by atoms with van der Waals surface area (Å²) < 4.78 is 29.2. The van der Waals surface area contributed by atoms with Gasteiger partial charge < -0.3 is 10.2 Å². The van der Waals surface area contributed by atoms with Crippen molar-refractivity contribution in [3.63, 3.8) is 0 Å². The van der Waals surface area contributed by atoms with Crippen molar-refractivity contribution in [3.05, 3.63) is 94.5 Å². The molecule has 214 valence electrons. The van der Waals surface area contributed by atoms with E-state index >= 15 is 0 Å². The van der Waals surface area contributed by atoms with E-state index in [1.165, 1.54) is 9.21 Å². The summed E-state index contributed by atoms with van der Waals surface area (Å²) >= 11 is 0. The van der Waals surface area contributed by atoms with Gasteiger partial charge in [-0.3, -0.25) is 13.9 Å². The molecule has 1 atom stereocenters. The minimum absolute atomic E-state index is 0.0972. The quantitative estimate of drug-likeness (QED) is 0.343. The van der Waals surface area contributed by atoms with Crippen LogP contribution in [0.25, 0.3) is 0 Å². The molecular formula is C32H41N3O4S. The van der Waals surface area contributed by atoms with Crippen LogP contribution in [-0.2, 0) is 26.2 Å². The fraction of sp³-hybridized carbons (Fsp3) is 0.375. The topological polar surface area (TPSA) is 86.8 Å². The molecule has 0 fully saturated rings. The predicted octanol–water partition coefficient (Wildman–Crippen LogP) is 5.31. The number of anilines is 1. The fourth-order valence-corrected chi connectivity index (χ4v) is 5.82. The van der Waals surface area contributed by atoms with Crippen molar-refractivity contribution >= 4 is 27.5 Å². The third-order valence-corrected chi connectivity index (χ3v) is 8.75. The van der Waals surface area contributed by atoms with Crippen LogP contribution in [0.3, 0.4) is 0 Å². The van der Waals surface area contributed by atoms with Crippen LogP contribution in [0.4, 0.5) is 5.69 Å². The van der Waals surface area contributed by atoms with Gasteiger partial charge in [0.15, 0.2) is 0 Å². The molecule has 0 radical (unpaired) electrons. The Morgan fingerprint density at radius 1 is 0.825 bits per heavy atom. The van der Waals surface area contributed by atoms with E-state index in [0.717, 1.165) is 27.8 Å². The second-order valence-electron chi connectivity index (χ2n) is 10.9. The van der Waals surface area contributed by atoms with Gasteiger partial charge in [-0.1, -0.05) is 67.9 Å². The zero-order valence-corrected chi connectivity index (χ0v) is 25.4. The Kier molecular flexibility index (Phi) is 10.1. The average molecular weight is 564 g/mol. The summed E-state index contributed by atoms with van der Waals surface area (Å²) in [7, 11) is -4.10. The number of rotatable bonds is 11. The first-order valence-corrected chi connectivity index (χ1v) is 15.0. The van der Waals surface area contributed by atoms with Gasteiger partial charge in [0.1, 0.15) is 12.6 Å². The van der Waals surface area contributed by atoms with Gasteiger partial charge in [0.25, 0.3) is 10.0 Å². The maximum Gasteiger partial charge on any atom is 0.264 e. The molecule has 0 heterocycles. The van der Waals surface area contributed by atoms with Crippen molar-refractivity contribution in [1.29, 1.82) is 0 Å². The molecule has 3 aromatic rings. The Morgan fingerprint density at radius 2 is 1.45 bits per heavy atom. The number of hydrogen-bond acceptors (Lipinski definition) is 4. The third kappa shape index (κ3) is 7.50. The molecule has 7 nitrogen and oxygen atoms in total. The second-order valence-corrected chi connectivity index (χ2v) is 12.7. The Balaban J connectivity index is 2.07. The molecule has 0 saturated heterocycles. The average Bonchev–Trinajstić information content (AvgIpc) is 2.91. The van der Waals surface area contributed by atoms with Crippen LogP contribution in [0.2, 0.25) is 0 Å². The van der Waals surface area contributed by atoms with Gasteiger partial charge in [-0.15, -0.1) is 0 Å². The molecule has 8 heteroatoms. The first-order chi connectivity index (χ1) is 18.8. The summed E-state index contributed by atoms with van der Waals surface area (Å²) in [6.07, 6.45) is 0. The molecule has 0 unspecified atom stereocenters. The Morgan fingerprint density at radius 3 is 2.08 bits per heavy atom. The van der Waals surface area contributed by atoms with Crippen molar-refractivity contribution in [2.24, 2.45) is 5.92 Å². The maximum absolute atomic E-state index is 14.1. The van der Waals surface area contributed by atoms with E-state index in [1.54, 1.807) is 37.3 Å². The van der Waals surface area contributed by atoms with E-state index in [9.17, 15) is 18.0 Å². The molecule has 40 heavy (non-hydrogen) atoms. The van der Waals surface area contributed by atoms with Crippen molar-refractivity contribution in [1.82, 2.24) is 10.2 Å². The molecule has 0 spiro atoms. The summed E-state index contributed by atoms with van der Waals surface area (Å²) in [6.45, 7) is 13.4. The Hall–Kier alpha value is -3.65. The van der Waals surface area contributed by atoms with Gasteiger partial charge in [-0.05, 0) is 81.0 Å². The van der Waals surface area contributed by atoms with E-state index in [-0.39, 0.29) is 23.3 Å². The minimum Gasteiger partial charge on any atom is -0.354 e. The summed E-state index contributed by atoms with van der Waals surface area (Å²) in [5.41, 5.74) is 4.83. The van der Waals surface area contributed by atoms with Crippen molar-refractivity contribution < 1.29 is 18.0 Å². The van der Waals surface area contributed by atoms with E-state index in [1.807, 2.05) is 77.9 Å². The van der Waals surface area contributed by atoms with Crippen molar-refractivity contribution in [2.45, 2.75) is 65.9 Å². The van der Waals surface area contributed by atoms with Gasteiger partial charge in [0.05, 0.1) is 10.6 Å². The van der Waals surface area contributed by atoms with Gasteiger partial charge >= 0.3 is 0 Å². The molecule has 2 amide bonds. The number of amides is 2. The van der Waals surface area contributed by atoms with Crippen LogP contribution in [0.5, 0.6) is 0 Å². The second kappa shape index (κ2) is 13.1. The van der Waals surface area contributed by atoms with Crippen LogP contribution in [-0.4, -0.2) is 44.3 Å². The Labute approximate surface area is 239 Å². The molecular weight excluding hydrogens is 522 g/mol. The normalized spacial score (nSPS) is 12.2. The monoisotopic (exact) mass is 563 g/mol. The minimum atomic E-state index is -4.10. The van der Waals surface area contributed by atoms with E-state index in [0.29, 0.717) is 12.2 Å². The zero-order chi connectivity index (χ0) is 29.6. The summed E-state index contributed by atoms with van der Waals surface area (Å²) in [5, 5.41) is 2.92. The lowest BCUT2D eigenvalue weighted by atomic mass is 10.1. The Bertz CT molecular complexity index is 1450. The van der Waals surface area contributed by atoms with E-state index in [2.05, 4.69) is 5.32 Å². The molecule has 0 aliphatic carbocycles. The van der Waals surface area contributed by atoms with E-state index in [4.69, 9.17) is 0 Å². The van der Waals surface area contributed by atoms with Gasteiger partial charge in [0.2, 0.25) is 11.8 Å². The highest BCUT2D eigenvalue weighted by atomic mass is 32.2. The number of aryl methyl sites for hydroxylation is 4. The van der Waals surface area contributed by atoms with Crippen LogP contribution in [0, 0.1) is 33.6 Å². The molecule has 3 rings (SSSR count). The number of carbonyl (C=O) groups is 2. The van der Waals surface area contributed by atoms with Gasteiger partial charge in [0, 0.05) is 13.1 Å². The first-order valence-electron chi connectivity index (χ1n) is 13.6. The SMILES string of the molecule is Cc1ccc(S(=O)(=O)N(CC(=O)N(Cc2ccccc2C)[C@@H](C)C(=O)NCC(C)C)c2cc(C)ccc2C)cc1. The highest BCUT2D eigenvalue weighted by Crippen LogP contribution is 2.29. The number of hydrogen-bond donors (Lipinski definition) is 1. The van der Waals surface area contributed by atoms with Crippen molar-refractivity contribution in [3.8, 4) is 0 Å². The summed E-state index contributed by atoms with van der Waals surface area (Å²) in [4.78, 5) is 28.8. The van der Waals surface area contributed by atoms with Crippen LogP contribution in [0.1, 0.15) is 48.6 Å². The maximum atomic E-state index is 14.1. The predicted molar refractivity (Wildman–Crippen MR) is 161 cm³/mol. The van der Waals surface area contributed by atoms with E-state index < -0.39 is 28.5 Å². The summed E-state index contributed by atoms with van der Waals surface area (Å²) in [6, 6.07) is 19.0. The molecule has 0 bridgehead atoms. The van der Waals surface area contributed by atoms with Gasteiger partial charge in [-0.25, -0.2) is 8.42 Å². The lowest BCUT2D eigenvalue weighted by molar-refractivity contribution is -0.139. The molecule has 3 aromatic carbocycles. The highest BCUT2D eigenvalue weighted by Gasteiger charge is 2.33. The molecule has 0 aromatic heterocycles. The molecule has 0 saturated carbocycles. The lowest BCUT2D eigenvalue weighted by Gasteiger charge is -2.33. The van der Waals surface area contributed by atoms with Crippen LogP contribution >= 0.6 is 0 Å². The van der Waals surface area contributed by atoms with Crippen LogP contribution in [0.15, 0.2) is 71.6 Å². The summed E-state index contributed by atoms with van der Waals surface area (Å²) in [5.74, 6) is -0.501. The first kappa shape index (κ1) is 30.9. The molecule has 1 N–H and O–H groups in total. The largest absolute Gasteiger partial charge is 0.354 e. The standard InChI is InChI=1S/C32H41N3O4S/c1-22(2)19-33-32(37)27(7)34(20-28-11-9-8-10-25(28)5)31(36)21-35(30-18-24(4)12-15-26(30)6)40(38,39)29-16-13-23(3)14-17-29/h8-18,22,27H,19-21H2,1-7H3,(H,33,37)/t27-/m0/s1. The van der Waals surface area contributed by atoms with Crippen LogP contribution < -0.4 is 9.62 Å². The van der Waals surface area contributed by atoms with Crippen molar-refractivity contribution in [2.75, 3.05) is 17.4 Å². The number of nitrogens with zero attached hydrogens (tertiary/aromatic N) is 2. The zero-order valence-electron chi connectivity index (χ0n) is 24.6. The highest BCUT2D eigenvalue weighted by molar-refractivity contribution is 7.92. The number of carbonyl (C=O) groups excluding carboxylic acids is 2. The third-order valence-electron chi connectivity index (χ3n) is 6.97. The number of sulfonamides is 1. The lowest BCUT2D eigenvalue weighted by Crippen LogP contribution is -2.51. The number of nitrogens with one attached hydrogen (secondary N) is 1.